The van der Waals surface area contributed by atoms with E-state index in [0.717, 1.165) is 9.13 Å². The molecule has 0 saturated carbocycles. The molecule has 1 saturated heterocycles. The summed E-state index contributed by atoms with van der Waals surface area (Å²) in [5.74, 6) is -0.902. The molecule has 0 atom stereocenters. The zero-order valence-corrected chi connectivity index (χ0v) is 19.5. The van der Waals surface area contributed by atoms with E-state index >= 15 is 0 Å². The Kier molecular flexibility index (Phi) is 6.61. The number of hydrogen-bond donors (Lipinski definition) is 1. The molecule has 1 N–H and O–H groups in total. The monoisotopic (exact) mass is 558 g/mol. The third-order valence-electron chi connectivity index (χ3n) is 4.69. The summed E-state index contributed by atoms with van der Waals surface area (Å²) in [4.78, 5) is 26.7. The minimum absolute atomic E-state index is 0.0528. The van der Waals surface area contributed by atoms with E-state index in [-0.39, 0.29) is 10.7 Å². The molecule has 1 heterocycles. The summed E-state index contributed by atoms with van der Waals surface area (Å²) < 4.78 is 20.0. The fraction of sp³-hybridized carbons (Fsp3) is 0.0417. The number of amides is 2. The lowest BCUT2D eigenvalue weighted by molar-refractivity contribution is -0.122. The molecule has 0 radical (unpaired) electrons. The molecule has 4 rings (SSSR count). The molecule has 32 heavy (non-hydrogen) atoms. The van der Waals surface area contributed by atoms with Crippen molar-refractivity contribution in [2.24, 2.45) is 0 Å². The number of nitrogens with one attached hydrogen (secondary N) is 1. The summed E-state index contributed by atoms with van der Waals surface area (Å²) in [6.07, 6.45) is 1.50. The summed E-state index contributed by atoms with van der Waals surface area (Å²) >= 11 is 7.30. The van der Waals surface area contributed by atoms with Crippen LogP contribution < -0.4 is 15.0 Å². The molecule has 0 aromatic heterocycles. The van der Waals surface area contributed by atoms with Gasteiger partial charge in [-0.15, -0.1) is 0 Å². The minimum atomic E-state index is -0.585. The quantitative estimate of drug-likeness (QED) is 0.211. The number of hydrogen-bond acceptors (Lipinski definition) is 4. The van der Waals surface area contributed by atoms with Crippen LogP contribution in [-0.2, 0) is 16.2 Å². The normalized spacial score (nSPS) is 15.1. The van der Waals surface area contributed by atoms with Crippen LogP contribution in [0, 0.1) is 9.39 Å². The van der Waals surface area contributed by atoms with Crippen LogP contribution in [0.5, 0.6) is 5.75 Å². The van der Waals surface area contributed by atoms with E-state index in [1.807, 2.05) is 36.4 Å². The molecule has 160 valence electrons. The fourth-order valence-electron chi connectivity index (χ4n) is 3.11. The van der Waals surface area contributed by atoms with E-state index in [0.29, 0.717) is 23.6 Å². The molecule has 0 unspecified atom stereocenters. The zero-order chi connectivity index (χ0) is 22.7. The van der Waals surface area contributed by atoms with Gasteiger partial charge in [-0.2, -0.15) is 0 Å². The molecule has 1 aliphatic rings. The number of carbonyl (C=O) groups excluding carboxylic acids is 2. The van der Waals surface area contributed by atoms with E-state index in [2.05, 4.69) is 27.9 Å². The highest BCUT2D eigenvalue weighted by Gasteiger charge is 2.34. The van der Waals surface area contributed by atoms with Crippen LogP contribution in [0.4, 0.5) is 10.1 Å². The Morgan fingerprint density at radius 2 is 1.75 bits per heavy atom. The Morgan fingerprint density at radius 1 is 1.03 bits per heavy atom. The van der Waals surface area contributed by atoms with Crippen LogP contribution in [0.25, 0.3) is 6.08 Å². The van der Waals surface area contributed by atoms with Crippen molar-refractivity contribution >= 4 is 63.5 Å². The summed E-state index contributed by atoms with van der Waals surface area (Å²) in [6.45, 7) is 0.433. The molecule has 3 aromatic rings. The Morgan fingerprint density at radius 3 is 2.44 bits per heavy atom. The molecule has 0 bridgehead atoms. The summed E-state index contributed by atoms with van der Waals surface area (Å²) in [7, 11) is 0. The predicted octanol–water partition coefficient (Wildman–Crippen LogP) is 4.84. The molecule has 1 fully saturated rings. The third-order valence-corrected chi connectivity index (χ3v) is 5.82. The van der Waals surface area contributed by atoms with Gasteiger partial charge in [0.25, 0.3) is 11.8 Å². The first-order chi connectivity index (χ1) is 15.4. The van der Waals surface area contributed by atoms with Crippen molar-refractivity contribution < 1.29 is 18.7 Å². The number of halogens is 2. The highest BCUT2D eigenvalue weighted by atomic mass is 127. The number of nitrogens with zero attached hydrogens (tertiary/aromatic N) is 1. The summed E-state index contributed by atoms with van der Waals surface area (Å²) in [6, 6.07) is 20.5. The van der Waals surface area contributed by atoms with E-state index in [1.165, 1.54) is 35.2 Å². The van der Waals surface area contributed by atoms with Gasteiger partial charge in [-0.3, -0.25) is 19.8 Å². The zero-order valence-electron chi connectivity index (χ0n) is 16.5. The second kappa shape index (κ2) is 9.58. The van der Waals surface area contributed by atoms with Crippen molar-refractivity contribution in [3.05, 3.63) is 98.9 Å². The average Bonchev–Trinajstić information content (AvgIpc) is 2.78. The molecule has 8 heteroatoms. The largest absolute Gasteiger partial charge is 0.488 e. The lowest BCUT2D eigenvalue weighted by atomic mass is 10.1. The Bertz CT molecular complexity index is 1230. The maximum atomic E-state index is 13.3. The minimum Gasteiger partial charge on any atom is -0.488 e. The van der Waals surface area contributed by atoms with E-state index in [4.69, 9.17) is 17.0 Å². The molecule has 0 aliphatic carbocycles. The van der Waals surface area contributed by atoms with Gasteiger partial charge in [0.1, 0.15) is 23.7 Å². The molecular weight excluding hydrogens is 542 g/mol. The first-order valence-electron chi connectivity index (χ1n) is 9.55. The topological polar surface area (TPSA) is 58.6 Å². The van der Waals surface area contributed by atoms with Gasteiger partial charge in [-0.05, 0) is 88.4 Å². The number of thiocarbonyl (C=S) groups is 1. The number of anilines is 1. The van der Waals surface area contributed by atoms with Crippen molar-refractivity contribution in [2.45, 2.75) is 6.61 Å². The second-order valence-electron chi connectivity index (χ2n) is 6.90. The summed E-state index contributed by atoms with van der Waals surface area (Å²) in [5, 5.41) is 2.46. The molecule has 1 aliphatic heterocycles. The standard InChI is InChI=1S/C24H16FIN2O3S/c25-17-7-9-18(10-8-17)28-23(30)19(22(29)27-24(28)32)12-16-6-11-21(20(26)13-16)31-14-15-4-2-1-3-5-15/h1-13H,14H2,(H,27,29,32)/b19-12-. The fourth-order valence-corrected chi connectivity index (χ4v) is 4.08. The summed E-state index contributed by atoms with van der Waals surface area (Å²) in [5.41, 5.74) is 2.01. The second-order valence-corrected chi connectivity index (χ2v) is 8.45. The molecule has 2 amide bonds. The van der Waals surface area contributed by atoms with E-state index in [9.17, 15) is 14.0 Å². The van der Waals surface area contributed by atoms with Gasteiger partial charge in [-0.25, -0.2) is 4.39 Å². The number of benzene rings is 3. The van der Waals surface area contributed by atoms with Crippen LogP contribution >= 0.6 is 34.8 Å². The first-order valence-corrected chi connectivity index (χ1v) is 11.0. The maximum absolute atomic E-state index is 13.3. The predicted molar refractivity (Wildman–Crippen MR) is 133 cm³/mol. The average molecular weight is 558 g/mol. The van der Waals surface area contributed by atoms with Gasteiger partial charge < -0.3 is 4.74 Å². The third kappa shape index (κ3) is 4.86. The van der Waals surface area contributed by atoms with Crippen LogP contribution in [0.1, 0.15) is 11.1 Å². The van der Waals surface area contributed by atoms with E-state index < -0.39 is 17.6 Å². The molecule has 0 spiro atoms. The van der Waals surface area contributed by atoms with Gasteiger partial charge >= 0.3 is 0 Å². The van der Waals surface area contributed by atoms with Gasteiger partial charge in [0.2, 0.25) is 0 Å². The smallest absolute Gasteiger partial charge is 0.270 e. The van der Waals surface area contributed by atoms with Crippen molar-refractivity contribution in [3.63, 3.8) is 0 Å². The Labute approximate surface area is 203 Å². The SMILES string of the molecule is O=C1NC(=S)N(c2ccc(F)cc2)C(=O)/C1=C\c1ccc(OCc2ccccc2)c(I)c1. The molecule has 3 aromatic carbocycles. The van der Waals surface area contributed by atoms with Gasteiger partial charge in [0, 0.05) is 0 Å². The van der Waals surface area contributed by atoms with E-state index in [1.54, 1.807) is 12.1 Å². The van der Waals surface area contributed by atoms with Crippen molar-refractivity contribution in [1.82, 2.24) is 5.32 Å². The van der Waals surface area contributed by atoms with Gasteiger partial charge in [0.05, 0.1) is 9.26 Å². The van der Waals surface area contributed by atoms with Crippen LogP contribution in [0.3, 0.4) is 0 Å². The maximum Gasteiger partial charge on any atom is 0.270 e. The highest BCUT2D eigenvalue weighted by molar-refractivity contribution is 14.1. The van der Waals surface area contributed by atoms with Crippen molar-refractivity contribution in [2.75, 3.05) is 4.90 Å². The first kappa shape index (κ1) is 22.1. The Balaban J connectivity index is 1.57. The highest BCUT2D eigenvalue weighted by Crippen LogP contribution is 2.26. The van der Waals surface area contributed by atoms with Crippen LogP contribution in [-0.4, -0.2) is 16.9 Å². The lowest BCUT2D eigenvalue weighted by Crippen LogP contribution is -2.54. The van der Waals surface area contributed by atoms with Crippen molar-refractivity contribution in [1.29, 1.82) is 0 Å². The number of carbonyl (C=O) groups is 2. The number of ether oxygens (including phenoxy) is 1. The van der Waals surface area contributed by atoms with Crippen LogP contribution in [0.15, 0.2) is 78.4 Å². The number of rotatable bonds is 5. The molecular formula is C24H16FIN2O3S. The van der Waals surface area contributed by atoms with Crippen LogP contribution in [0.2, 0.25) is 0 Å². The molecule has 5 nitrogen and oxygen atoms in total. The van der Waals surface area contributed by atoms with Gasteiger partial charge in [0.15, 0.2) is 5.11 Å². The Hall–Kier alpha value is -3.11. The van der Waals surface area contributed by atoms with Crippen molar-refractivity contribution in [3.8, 4) is 5.75 Å². The lowest BCUT2D eigenvalue weighted by Gasteiger charge is -2.28. The van der Waals surface area contributed by atoms with Gasteiger partial charge in [-0.1, -0.05) is 36.4 Å².